The molecule has 2 aromatic heterocycles. The Morgan fingerprint density at radius 2 is 1.93 bits per heavy atom. The molecule has 10 heteroatoms. The van der Waals surface area contributed by atoms with Crippen molar-refractivity contribution < 1.29 is 22.4 Å². The predicted molar refractivity (Wildman–Crippen MR) is 104 cm³/mol. The van der Waals surface area contributed by atoms with Crippen molar-refractivity contribution in [3.05, 3.63) is 48.5 Å². The number of rotatable bonds is 6. The number of hydrogen-bond acceptors (Lipinski definition) is 5. The molecule has 1 aromatic carbocycles. The zero-order valence-electron chi connectivity index (χ0n) is 16.2. The Balaban J connectivity index is 1.86. The summed E-state index contributed by atoms with van der Waals surface area (Å²) in [4.78, 5) is 24.6. The highest BCUT2D eigenvalue weighted by Crippen LogP contribution is 2.23. The van der Waals surface area contributed by atoms with Crippen LogP contribution in [-0.2, 0) is 4.79 Å². The number of halogens is 4. The van der Waals surface area contributed by atoms with Crippen molar-refractivity contribution in [2.45, 2.75) is 26.1 Å². The van der Waals surface area contributed by atoms with Crippen LogP contribution in [0.15, 0.2) is 42.7 Å². The lowest BCUT2D eigenvalue weighted by Crippen LogP contribution is -2.46. The van der Waals surface area contributed by atoms with Crippen molar-refractivity contribution in [1.82, 2.24) is 20.3 Å². The van der Waals surface area contributed by atoms with Crippen molar-refractivity contribution in [3.63, 3.8) is 0 Å². The van der Waals surface area contributed by atoms with Gasteiger partial charge in [-0.05, 0) is 30.2 Å². The van der Waals surface area contributed by atoms with Gasteiger partial charge < -0.3 is 10.6 Å². The van der Waals surface area contributed by atoms with Crippen LogP contribution in [0, 0.1) is 11.7 Å². The third-order valence-electron chi connectivity index (χ3n) is 4.31. The first-order valence-electron chi connectivity index (χ1n) is 9.13. The van der Waals surface area contributed by atoms with E-state index in [-0.39, 0.29) is 11.6 Å². The van der Waals surface area contributed by atoms with Crippen LogP contribution in [0.1, 0.15) is 13.8 Å². The van der Waals surface area contributed by atoms with E-state index in [2.05, 4.69) is 20.3 Å². The fourth-order valence-corrected chi connectivity index (χ4v) is 2.80. The minimum atomic E-state index is -4.55. The van der Waals surface area contributed by atoms with Crippen molar-refractivity contribution >= 4 is 22.6 Å². The number of benzene rings is 1. The average Bonchev–Trinajstić information content (AvgIpc) is 2.70. The van der Waals surface area contributed by atoms with Crippen molar-refractivity contribution in [3.8, 4) is 11.4 Å². The first-order valence-corrected chi connectivity index (χ1v) is 9.13. The SMILES string of the molecule is CC(C)[C@@H](Nc1nc(-c2ccc3ncccc3c2)ncc1F)C(=O)NCC(F)(F)F. The molecule has 0 aliphatic rings. The maximum absolute atomic E-state index is 14.3. The zero-order valence-corrected chi connectivity index (χ0v) is 16.2. The molecule has 2 N–H and O–H groups in total. The van der Waals surface area contributed by atoms with Crippen LogP contribution in [0.3, 0.4) is 0 Å². The summed E-state index contributed by atoms with van der Waals surface area (Å²) < 4.78 is 51.5. The Hall–Kier alpha value is -3.30. The summed E-state index contributed by atoms with van der Waals surface area (Å²) in [6.07, 6.45) is -1.94. The number of carbonyl (C=O) groups is 1. The third-order valence-corrected chi connectivity index (χ3v) is 4.31. The Morgan fingerprint density at radius 1 is 1.17 bits per heavy atom. The number of nitrogens with zero attached hydrogens (tertiary/aromatic N) is 3. The number of aromatic nitrogens is 3. The van der Waals surface area contributed by atoms with E-state index in [0.29, 0.717) is 5.56 Å². The lowest BCUT2D eigenvalue weighted by Gasteiger charge is -2.23. The van der Waals surface area contributed by atoms with Gasteiger partial charge in [0.05, 0.1) is 11.7 Å². The van der Waals surface area contributed by atoms with Crippen molar-refractivity contribution in [2.75, 3.05) is 11.9 Å². The first kappa shape index (κ1) is 21.4. The number of hydrogen-bond donors (Lipinski definition) is 2. The van der Waals surface area contributed by atoms with Crippen LogP contribution in [0.5, 0.6) is 0 Å². The summed E-state index contributed by atoms with van der Waals surface area (Å²) in [5.74, 6) is -2.23. The molecule has 30 heavy (non-hydrogen) atoms. The molecule has 3 aromatic rings. The van der Waals surface area contributed by atoms with Gasteiger partial charge in [-0.1, -0.05) is 19.9 Å². The van der Waals surface area contributed by atoms with Crippen LogP contribution in [0.4, 0.5) is 23.4 Å². The van der Waals surface area contributed by atoms with Gasteiger partial charge in [-0.3, -0.25) is 9.78 Å². The largest absolute Gasteiger partial charge is 0.405 e. The monoisotopic (exact) mass is 421 g/mol. The highest BCUT2D eigenvalue weighted by molar-refractivity contribution is 5.85. The third kappa shape index (κ3) is 5.19. The molecule has 2 heterocycles. The molecule has 3 rings (SSSR count). The fraction of sp³-hybridized carbons (Fsp3) is 0.300. The molecule has 0 fully saturated rings. The number of pyridine rings is 1. The van der Waals surface area contributed by atoms with Crippen molar-refractivity contribution in [1.29, 1.82) is 0 Å². The number of nitrogens with one attached hydrogen (secondary N) is 2. The van der Waals surface area contributed by atoms with Gasteiger partial charge in [0.25, 0.3) is 0 Å². The number of alkyl halides is 3. The number of carbonyl (C=O) groups excluding carboxylic acids is 1. The van der Waals surface area contributed by atoms with E-state index in [4.69, 9.17) is 0 Å². The van der Waals surface area contributed by atoms with Crippen LogP contribution < -0.4 is 10.6 Å². The quantitative estimate of drug-likeness (QED) is 0.590. The van der Waals surface area contributed by atoms with Gasteiger partial charge in [-0.15, -0.1) is 0 Å². The minimum absolute atomic E-state index is 0.197. The van der Waals surface area contributed by atoms with E-state index in [1.807, 2.05) is 11.4 Å². The predicted octanol–water partition coefficient (Wildman–Crippen LogP) is 3.95. The van der Waals surface area contributed by atoms with Gasteiger partial charge in [0.2, 0.25) is 5.91 Å². The first-order chi connectivity index (χ1) is 14.1. The summed E-state index contributed by atoms with van der Waals surface area (Å²) in [5.41, 5.74) is 1.36. The van der Waals surface area contributed by atoms with Gasteiger partial charge in [0, 0.05) is 17.1 Å². The molecule has 0 saturated heterocycles. The van der Waals surface area contributed by atoms with Crippen molar-refractivity contribution in [2.24, 2.45) is 5.92 Å². The summed E-state index contributed by atoms with van der Waals surface area (Å²) in [5, 5.41) is 5.26. The molecule has 0 aliphatic carbocycles. The molecule has 0 radical (unpaired) electrons. The second-order valence-electron chi connectivity index (χ2n) is 7.00. The van der Waals surface area contributed by atoms with E-state index in [1.54, 1.807) is 44.3 Å². The molecule has 6 nitrogen and oxygen atoms in total. The van der Waals surface area contributed by atoms with Crippen LogP contribution >= 0.6 is 0 Å². The maximum Gasteiger partial charge on any atom is 0.405 e. The molecular formula is C20H19F4N5O. The average molecular weight is 421 g/mol. The second kappa shape index (κ2) is 8.60. The summed E-state index contributed by atoms with van der Waals surface area (Å²) in [6, 6.07) is 7.79. The minimum Gasteiger partial charge on any atom is -0.356 e. The molecule has 0 unspecified atom stereocenters. The smallest absolute Gasteiger partial charge is 0.356 e. The van der Waals surface area contributed by atoms with Gasteiger partial charge in [0.15, 0.2) is 17.5 Å². The van der Waals surface area contributed by atoms with E-state index in [0.717, 1.165) is 17.1 Å². The number of anilines is 1. The lowest BCUT2D eigenvalue weighted by atomic mass is 10.0. The molecule has 0 spiro atoms. The standard InChI is InChI=1S/C20H19F4N5O/c1-11(2)16(19(30)27-10-20(22,23)24)28-18-14(21)9-26-17(29-18)13-5-6-15-12(8-13)4-3-7-25-15/h3-9,11,16H,10H2,1-2H3,(H,27,30)(H,26,28,29)/t16-/m1/s1. The highest BCUT2D eigenvalue weighted by atomic mass is 19.4. The summed E-state index contributed by atoms with van der Waals surface area (Å²) in [6.45, 7) is 1.78. The summed E-state index contributed by atoms with van der Waals surface area (Å²) in [7, 11) is 0. The van der Waals surface area contributed by atoms with Gasteiger partial charge >= 0.3 is 6.18 Å². The molecule has 0 aliphatic heterocycles. The number of fused-ring (bicyclic) bond motifs is 1. The molecule has 0 saturated carbocycles. The normalized spacial score (nSPS) is 12.8. The molecule has 1 atom stereocenters. The van der Waals surface area contributed by atoms with E-state index in [1.165, 1.54) is 0 Å². The summed E-state index contributed by atoms with van der Waals surface area (Å²) >= 11 is 0. The Labute approximate surface area is 169 Å². The Kier molecular flexibility index (Phi) is 6.14. The van der Waals surface area contributed by atoms with Crippen LogP contribution in [0.25, 0.3) is 22.3 Å². The zero-order chi connectivity index (χ0) is 21.9. The topological polar surface area (TPSA) is 79.8 Å². The lowest BCUT2D eigenvalue weighted by molar-refractivity contribution is -0.139. The van der Waals surface area contributed by atoms with Gasteiger partial charge in [0.1, 0.15) is 12.6 Å². The maximum atomic E-state index is 14.3. The Bertz CT molecular complexity index is 1050. The van der Waals surface area contributed by atoms with Crippen LogP contribution in [-0.4, -0.2) is 39.6 Å². The van der Waals surface area contributed by atoms with Gasteiger partial charge in [-0.2, -0.15) is 13.2 Å². The molecular weight excluding hydrogens is 402 g/mol. The molecule has 1 amide bonds. The van der Waals surface area contributed by atoms with E-state index >= 15 is 0 Å². The Morgan fingerprint density at radius 3 is 2.63 bits per heavy atom. The second-order valence-corrected chi connectivity index (χ2v) is 7.00. The van der Waals surface area contributed by atoms with Gasteiger partial charge in [-0.25, -0.2) is 14.4 Å². The van der Waals surface area contributed by atoms with E-state index in [9.17, 15) is 22.4 Å². The van der Waals surface area contributed by atoms with E-state index < -0.39 is 36.4 Å². The van der Waals surface area contributed by atoms with Crippen LogP contribution in [0.2, 0.25) is 0 Å². The molecule has 158 valence electrons. The number of amides is 1. The highest BCUT2D eigenvalue weighted by Gasteiger charge is 2.31. The fourth-order valence-electron chi connectivity index (χ4n) is 2.80. The molecule has 0 bridgehead atoms.